The predicted molar refractivity (Wildman–Crippen MR) is 87.5 cm³/mol. The third kappa shape index (κ3) is 2.98. The Bertz CT molecular complexity index is 1040. The molecule has 7 heteroatoms. The SMILES string of the molecule is Cc1ccc(C(=O)NS(=O)(=O)c2cccc3cnccc23)cc1F. The van der Waals surface area contributed by atoms with Crippen LogP contribution in [0.25, 0.3) is 10.8 Å². The van der Waals surface area contributed by atoms with Crippen LogP contribution in [0, 0.1) is 12.7 Å². The van der Waals surface area contributed by atoms with Crippen LogP contribution in [0.4, 0.5) is 4.39 Å². The van der Waals surface area contributed by atoms with E-state index in [0.717, 1.165) is 6.07 Å². The summed E-state index contributed by atoms with van der Waals surface area (Å²) in [6.45, 7) is 1.55. The van der Waals surface area contributed by atoms with Crippen LogP contribution in [0.15, 0.2) is 59.8 Å². The Hall–Kier alpha value is -2.80. The van der Waals surface area contributed by atoms with Crippen molar-refractivity contribution in [3.8, 4) is 0 Å². The highest BCUT2D eigenvalue weighted by Gasteiger charge is 2.21. The summed E-state index contributed by atoms with van der Waals surface area (Å²) in [4.78, 5) is 16.1. The quantitative estimate of drug-likeness (QED) is 0.793. The Morgan fingerprint density at radius 1 is 1.17 bits per heavy atom. The van der Waals surface area contributed by atoms with Crippen LogP contribution < -0.4 is 4.72 Å². The average molecular weight is 344 g/mol. The molecule has 3 rings (SSSR count). The molecule has 0 aliphatic rings. The number of rotatable bonds is 3. The molecule has 0 atom stereocenters. The van der Waals surface area contributed by atoms with Crippen LogP contribution in [0.2, 0.25) is 0 Å². The summed E-state index contributed by atoms with van der Waals surface area (Å²) < 4.78 is 40.6. The van der Waals surface area contributed by atoms with Crippen molar-refractivity contribution in [2.45, 2.75) is 11.8 Å². The lowest BCUT2D eigenvalue weighted by atomic mass is 10.1. The zero-order valence-corrected chi connectivity index (χ0v) is 13.5. The number of nitrogens with one attached hydrogen (secondary N) is 1. The highest BCUT2D eigenvalue weighted by molar-refractivity contribution is 7.90. The van der Waals surface area contributed by atoms with Gasteiger partial charge in [0.25, 0.3) is 15.9 Å². The molecule has 0 unspecified atom stereocenters. The number of hydrogen-bond acceptors (Lipinski definition) is 4. The molecular formula is C17H13FN2O3S. The monoisotopic (exact) mass is 344 g/mol. The molecule has 0 spiro atoms. The third-order valence-corrected chi connectivity index (χ3v) is 4.98. The number of aromatic nitrogens is 1. The summed E-state index contributed by atoms with van der Waals surface area (Å²) in [7, 11) is -4.11. The number of aryl methyl sites for hydroxylation is 1. The highest BCUT2D eigenvalue weighted by atomic mass is 32.2. The first kappa shape index (κ1) is 16.1. The molecule has 1 amide bonds. The Kier molecular flexibility index (Phi) is 4.02. The number of carbonyl (C=O) groups is 1. The first-order chi connectivity index (χ1) is 11.4. The predicted octanol–water partition coefficient (Wildman–Crippen LogP) is 2.80. The minimum Gasteiger partial charge on any atom is -0.268 e. The second-order valence-electron chi connectivity index (χ2n) is 5.25. The summed E-state index contributed by atoms with van der Waals surface area (Å²) in [5.41, 5.74) is 0.305. The van der Waals surface area contributed by atoms with Gasteiger partial charge in [0.15, 0.2) is 0 Å². The van der Waals surface area contributed by atoms with Gasteiger partial charge in [-0.15, -0.1) is 0 Å². The van der Waals surface area contributed by atoms with Crippen molar-refractivity contribution in [1.82, 2.24) is 9.71 Å². The molecule has 0 radical (unpaired) electrons. The van der Waals surface area contributed by atoms with E-state index in [-0.39, 0.29) is 10.5 Å². The smallest absolute Gasteiger partial charge is 0.265 e. The number of carbonyl (C=O) groups excluding carboxylic acids is 1. The van der Waals surface area contributed by atoms with Gasteiger partial charge in [0.2, 0.25) is 0 Å². The van der Waals surface area contributed by atoms with Crippen molar-refractivity contribution < 1.29 is 17.6 Å². The van der Waals surface area contributed by atoms with Crippen LogP contribution in [-0.2, 0) is 10.0 Å². The van der Waals surface area contributed by atoms with Gasteiger partial charge in [-0.25, -0.2) is 17.5 Å². The second-order valence-corrected chi connectivity index (χ2v) is 6.90. The van der Waals surface area contributed by atoms with Gasteiger partial charge in [-0.3, -0.25) is 9.78 Å². The van der Waals surface area contributed by atoms with E-state index in [1.165, 1.54) is 30.6 Å². The molecule has 0 fully saturated rings. The maximum absolute atomic E-state index is 13.6. The number of benzene rings is 2. The molecule has 1 N–H and O–H groups in total. The highest BCUT2D eigenvalue weighted by Crippen LogP contribution is 2.22. The summed E-state index contributed by atoms with van der Waals surface area (Å²) in [6.07, 6.45) is 3.00. The van der Waals surface area contributed by atoms with E-state index in [0.29, 0.717) is 16.3 Å². The Morgan fingerprint density at radius 3 is 2.71 bits per heavy atom. The molecule has 0 aliphatic heterocycles. The number of sulfonamides is 1. The van der Waals surface area contributed by atoms with Gasteiger partial charge in [0.1, 0.15) is 5.82 Å². The van der Waals surface area contributed by atoms with Crippen LogP contribution in [0.3, 0.4) is 0 Å². The summed E-state index contributed by atoms with van der Waals surface area (Å²) in [5, 5.41) is 1.08. The van der Waals surface area contributed by atoms with Crippen LogP contribution in [0.1, 0.15) is 15.9 Å². The van der Waals surface area contributed by atoms with E-state index in [4.69, 9.17) is 0 Å². The topological polar surface area (TPSA) is 76.1 Å². The van der Waals surface area contributed by atoms with Gasteiger partial charge in [-0.1, -0.05) is 18.2 Å². The minimum atomic E-state index is -4.11. The van der Waals surface area contributed by atoms with E-state index in [1.54, 1.807) is 25.1 Å². The number of halogens is 1. The molecule has 1 heterocycles. The van der Waals surface area contributed by atoms with Gasteiger partial charge in [-0.05, 0) is 36.8 Å². The lowest BCUT2D eigenvalue weighted by Crippen LogP contribution is -2.30. The molecule has 0 aliphatic carbocycles. The van der Waals surface area contributed by atoms with E-state index < -0.39 is 21.7 Å². The van der Waals surface area contributed by atoms with Crippen molar-refractivity contribution in [3.05, 3.63) is 71.8 Å². The number of fused-ring (bicyclic) bond motifs is 1. The normalized spacial score (nSPS) is 11.4. The number of pyridine rings is 1. The Labute approximate surface area is 138 Å². The van der Waals surface area contributed by atoms with Crippen molar-refractivity contribution in [2.75, 3.05) is 0 Å². The Balaban J connectivity index is 1.98. The molecule has 1 aromatic heterocycles. The maximum atomic E-state index is 13.6. The number of amides is 1. The summed E-state index contributed by atoms with van der Waals surface area (Å²) >= 11 is 0. The summed E-state index contributed by atoms with van der Waals surface area (Å²) in [5.74, 6) is -1.46. The van der Waals surface area contributed by atoms with Gasteiger partial charge in [-0.2, -0.15) is 0 Å². The fourth-order valence-corrected chi connectivity index (χ4v) is 3.50. The molecule has 3 aromatic rings. The van der Waals surface area contributed by atoms with Gasteiger partial charge >= 0.3 is 0 Å². The van der Waals surface area contributed by atoms with E-state index >= 15 is 0 Å². The molecule has 0 saturated heterocycles. The Morgan fingerprint density at radius 2 is 1.96 bits per heavy atom. The van der Waals surface area contributed by atoms with Crippen molar-refractivity contribution in [3.63, 3.8) is 0 Å². The largest absolute Gasteiger partial charge is 0.268 e. The van der Waals surface area contributed by atoms with E-state index in [1.807, 2.05) is 4.72 Å². The second kappa shape index (κ2) is 6.01. The molecule has 24 heavy (non-hydrogen) atoms. The molecule has 0 saturated carbocycles. The van der Waals surface area contributed by atoms with Gasteiger partial charge in [0, 0.05) is 28.7 Å². The van der Waals surface area contributed by atoms with Crippen molar-refractivity contribution >= 4 is 26.7 Å². The minimum absolute atomic E-state index is 0.0386. The fourth-order valence-electron chi connectivity index (χ4n) is 2.30. The summed E-state index contributed by atoms with van der Waals surface area (Å²) in [6, 6.07) is 10.0. The van der Waals surface area contributed by atoms with E-state index in [2.05, 4.69) is 4.98 Å². The maximum Gasteiger partial charge on any atom is 0.265 e. The zero-order valence-electron chi connectivity index (χ0n) is 12.7. The lowest BCUT2D eigenvalue weighted by molar-refractivity contribution is 0.0981. The molecule has 0 bridgehead atoms. The number of nitrogens with zero attached hydrogens (tertiary/aromatic N) is 1. The zero-order chi connectivity index (χ0) is 17.3. The number of hydrogen-bond donors (Lipinski definition) is 1. The van der Waals surface area contributed by atoms with E-state index in [9.17, 15) is 17.6 Å². The standard InChI is InChI=1S/C17H13FN2O3S/c1-11-5-6-12(9-15(11)18)17(21)20-24(22,23)16-4-2-3-13-10-19-8-7-14(13)16/h2-10H,1H3,(H,20,21). The lowest BCUT2D eigenvalue weighted by Gasteiger charge is -2.10. The third-order valence-electron chi connectivity index (χ3n) is 3.59. The molecule has 2 aromatic carbocycles. The molecular weight excluding hydrogens is 331 g/mol. The first-order valence-electron chi connectivity index (χ1n) is 7.04. The first-order valence-corrected chi connectivity index (χ1v) is 8.53. The van der Waals surface area contributed by atoms with Gasteiger partial charge in [0.05, 0.1) is 4.90 Å². The van der Waals surface area contributed by atoms with Crippen LogP contribution in [0.5, 0.6) is 0 Å². The average Bonchev–Trinajstić information content (AvgIpc) is 2.56. The van der Waals surface area contributed by atoms with Gasteiger partial charge < -0.3 is 0 Å². The molecule has 5 nitrogen and oxygen atoms in total. The fraction of sp³-hybridized carbons (Fsp3) is 0.0588. The van der Waals surface area contributed by atoms with Crippen LogP contribution in [-0.4, -0.2) is 19.3 Å². The van der Waals surface area contributed by atoms with Crippen molar-refractivity contribution in [2.24, 2.45) is 0 Å². The molecule has 122 valence electrons. The van der Waals surface area contributed by atoms with Crippen LogP contribution >= 0.6 is 0 Å². The van der Waals surface area contributed by atoms with Crippen molar-refractivity contribution in [1.29, 1.82) is 0 Å².